The number of aryl methyl sites for hydroxylation is 2. The number of carbonyl (C=O) groups excluding carboxylic acids is 2. The van der Waals surface area contributed by atoms with Gasteiger partial charge in [-0.3, -0.25) is 20.2 Å². The number of thioether (sulfide) groups is 1. The van der Waals surface area contributed by atoms with Gasteiger partial charge in [-0.15, -0.1) is 20.4 Å². The van der Waals surface area contributed by atoms with Crippen LogP contribution in [0.1, 0.15) is 53.7 Å². The van der Waals surface area contributed by atoms with Crippen molar-refractivity contribution in [2.24, 2.45) is 0 Å². The van der Waals surface area contributed by atoms with Crippen LogP contribution in [0.4, 0.5) is 10.3 Å². The summed E-state index contributed by atoms with van der Waals surface area (Å²) in [6, 6.07) is 18.6. The summed E-state index contributed by atoms with van der Waals surface area (Å²) in [6.07, 6.45) is 2.40. The fourth-order valence-electron chi connectivity index (χ4n) is 4.09. The molecule has 4 aromatic rings. The molecule has 210 valence electrons. The number of nitrogens with zero attached hydrogens (tertiary/aromatic N) is 4. The molecule has 12 heteroatoms. The van der Waals surface area contributed by atoms with Crippen molar-refractivity contribution in [1.82, 2.24) is 20.4 Å². The van der Waals surface area contributed by atoms with Crippen LogP contribution < -0.4 is 10.6 Å². The van der Waals surface area contributed by atoms with Crippen molar-refractivity contribution in [1.29, 1.82) is 0 Å². The van der Waals surface area contributed by atoms with Crippen molar-refractivity contribution in [3.8, 4) is 0 Å². The standard InChI is InChI=1S/C28H32N6O3S3/c1-3-21(19-11-7-5-8-12-19)24(35)29-26-33-31-22(39-26)15-17-38-18-16-23-32-34-27(40-23)30-25(36)28(37,4-2)20-13-9-6-10-14-20/h5-14,21,37H,3-4,15-18H2,1-2H3,(H,29,33,35)(H,30,34,36)/t21-,28+/m1/s1. The highest BCUT2D eigenvalue weighted by molar-refractivity contribution is 7.99. The first-order valence-electron chi connectivity index (χ1n) is 13.1. The summed E-state index contributed by atoms with van der Waals surface area (Å²) in [7, 11) is 0. The normalized spacial score (nSPS) is 13.4. The maximum Gasteiger partial charge on any atom is 0.262 e. The Balaban J connectivity index is 1.19. The second kappa shape index (κ2) is 14.4. The number of carbonyl (C=O) groups is 2. The fourth-order valence-corrected chi connectivity index (χ4v) is 6.71. The summed E-state index contributed by atoms with van der Waals surface area (Å²) in [5, 5.41) is 35.8. The molecule has 0 unspecified atom stereocenters. The number of benzene rings is 2. The summed E-state index contributed by atoms with van der Waals surface area (Å²) in [4.78, 5) is 25.6. The predicted molar refractivity (Wildman–Crippen MR) is 162 cm³/mol. The summed E-state index contributed by atoms with van der Waals surface area (Å²) in [6.45, 7) is 3.76. The lowest BCUT2D eigenvalue weighted by Crippen LogP contribution is -2.39. The number of nitrogens with one attached hydrogen (secondary N) is 2. The van der Waals surface area contributed by atoms with Gasteiger partial charge in [-0.1, -0.05) is 97.2 Å². The monoisotopic (exact) mass is 596 g/mol. The molecule has 40 heavy (non-hydrogen) atoms. The molecule has 2 atom stereocenters. The number of hydrogen-bond donors (Lipinski definition) is 3. The van der Waals surface area contributed by atoms with Crippen molar-refractivity contribution in [3.05, 3.63) is 81.8 Å². The quantitative estimate of drug-likeness (QED) is 0.168. The maximum atomic E-state index is 12.8. The first-order chi connectivity index (χ1) is 19.4. The molecule has 0 bridgehead atoms. The van der Waals surface area contributed by atoms with Crippen LogP contribution in [0.15, 0.2) is 60.7 Å². The first-order valence-corrected chi connectivity index (χ1v) is 15.9. The molecule has 0 fully saturated rings. The average Bonchev–Trinajstić information content (AvgIpc) is 3.63. The van der Waals surface area contributed by atoms with Gasteiger partial charge in [-0.25, -0.2) is 0 Å². The zero-order valence-corrected chi connectivity index (χ0v) is 24.8. The Morgan fingerprint density at radius 2 is 1.40 bits per heavy atom. The molecule has 2 heterocycles. The van der Waals surface area contributed by atoms with Crippen LogP contribution in [0.25, 0.3) is 0 Å². The van der Waals surface area contributed by atoms with Crippen molar-refractivity contribution >= 4 is 56.5 Å². The third-order valence-electron chi connectivity index (χ3n) is 6.37. The van der Waals surface area contributed by atoms with Gasteiger partial charge in [0.05, 0.1) is 5.92 Å². The van der Waals surface area contributed by atoms with Crippen LogP contribution in [0, 0.1) is 0 Å². The third-order valence-corrected chi connectivity index (χ3v) is 9.15. The molecule has 2 aromatic heterocycles. The van der Waals surface area contributed by atoms with E-state index in [2.05, 4.69) is 31.0 Å². The van der Waals surface area contributed by atoms with Gasteiger partial charge in [0.2, 0.25) is 16.2 Å². The molecule has 0 aliphatic rings. The molecular weight excluding hydrogens is 565 g/mol. The smallest absolute Gasteiger partial charge is 0.262 e. The van der Waals surface area contributed by atoms with Crippen molar-refractivity contribution in [2.75, 3.05) is 22.1 Å². The Hall–Kier alpha value is -3.19. The molecule has 0 saturated carbocycles. The highest BCUT2D eigenvalue weighted by Crippen LogP contribution is 2.28. The van der Waals surface area contributed by atoms with E-state index < -0.39 is 11.5 Å². The van der Waals surface area contributed by atoms with E-state index in [0.29, 0.717) is 28.7 Å². The molecule has 0 spiro atoms. The van der Waals surface area contributed by atoms with Gasteiger partial charge < -0.3 is 5.11 Å². The Kier molecular flexibility index (Phi) is 10.8. The van der Waals surface area contributed by atoms with Gasteiger partial charge in [-0.05, 0) is 35.5 Å². The van der Waals surface area contributed by atoms with E-state index in [9.17, 15) is 14.7 Å². The molecular formula is C28H32N6O3S3. The second-order valence-corrected chi connectivity index (χ2v) is 12.4. The highest BCUT2D eigenvalue weighted by atomic mass is 32.2. The number of aliphatic hydroxyl groups is 1. The molecule has 3 N–H and O–H groups in total. The molecule has 2 aromatic carbocycles. The van der Waals surface area contributed by atoms with Crippen LogP contribution in [0.3, 0.4) is 0 Å². The predicted octanol–water partition coefficient (Wildman–Crippen LogP) is 5.28. The van der Waals surface area contributed by atoms with Gasteiger partial charge in [0.15, 0.2) is 5.60 Å². The third kappa shape index (κ3) is 7.72. The van der Waals surface area contributed by atoms with Crippen molar-refractivity contribution in [2.45, 2.75) is 51.0 Å². The van der Waals surface area contributed by atoms with Gasteiger partial charge >= 0.3 is 0 Å². The number of anilines is 2. The van der Waals surface area contributed by atoms with E-state index in [1.165, 1.54) is 22.7 Å². The van der Waals surface area contributed by atoms with Gasteiger partial charge in [0.25, 0.3) is 5.91 Å². The van der Waals surface area contributed by atoms with E-state index in [0.717, 1.165) is 33.5 Å². The molecule has 2 amide bonds. The Bertz CT molecular complexity index is 1380. The van der Waals surface area contributed by atoms with E-state index in [4.69, 9.17) is 0 Å². The van der Waals surface area contributed by atoms with Crippen molar-refractivity contribution in [3.63, 3.8) is 0 Å². The molecule has 0 radical (unpaired) electrons. The number of hydrogen-bond acceptors (Lipinski definition) is 10. The topological polar surface area (TPSA) is 130 Å². The Labute approximate surface area is 245 Å². The highest BCUT2D eigenvalue weighted by Gasteiger charge is 2.36. The first kappa shape index (κ1) is 29.8. The molecule has 0 saturated heterocycles. The number of aromatic nitrogens is 4. The Morgan fingerprint density at radius 1 is 0.850 bits per heavy atom. The van der Waals surface area contributed by atoms with Crippen molar-refractivity contribution < 1.29 is 14.7 Å². The zero-order chi connectivity index (χ0) is 28.4. The fraction of sp³-hybridized carbons (Fsp3) is 0.357. The summed E-state index contributed by atoms with van der Waals surface area (Å²) in [5.74, 6) is 0.880. The average molecular weight is 597 g/mol. The van der Waals surface area contributed by atoms with Gasteiger partial charge in [-0.2, -0.15) is 11.8 Å². The molecule has 4 rings (SSSR count). The summed E-state index contributed by atoms with van der Waals surface area (Å²) < 4.78 is 0. The number of amides is 2. The maximum absolute atomic E-state index is 12.8. The van der Waals surface area contributed by atoms with E-state index in [1.54, 1.807) is 43.0 Å². The van der Waals surface area contributed by atoms with E-state index >= 15 is 0 Å². The lowest BCUT2D eigenvalue weighted by Gasteiger charge is -2.25. The largest absolute Gasteiger partial charge is 0.375 e. The molecule has 0 aliphatic heterocycles. The SMILES string of the molecule is CC[C@@H](C(=O)Nc1nnc(CCSCCc2nnc(NC(=O)[C@](O)(CC)c3ccccc3)s2)s1)c1ccccc1. The van der Waals surface area contributed by atoms with Crippen LogP contribution in [-0.4, -0.2) is 48.8 Å². The van der Waals surface area contributed by atoms with Crippen LogP contribution in [0.5, 0.6) is 0 Å². The van der Waals surface area contributed by atoms with Gasteiger partial charge in [0, 0.05) is 12.8 Å². The van der Waals surface area contributed by atoms with Gasteiger partial charge in [0.1, 0.15) is 10.0 Å². The minimum absolute atomic E-state index is 0.0715. The lowest BCUT2D eigenvalue weighted by molar-refractivity contribution is -0.135. The lowest BCUT2D eigenvalue weighted by atomic mass is 9.90. The van der Waals surface area contributed by atoms with E-state index in [1.807, 2.05) is 43.3 Å². The zero-order valence-electron chi connectivity index (χ0n) is 22.4. The molecule has 9 nitrogen and oxygen atoms in total. The van der Waals surface area contributed by atoms with E-state index in [-0.39, 0.29) is 18.2 Å². The van der Waals surface area contributed by atoms with Crippen LogP contribution >= 0.6 is 34.4 Å². The second-order valence-electron chi connectivity index (χ2n) is 9.01. The minimum Gasteiger partial charge on any atom is -0.375 e. The molecule has 0 aliphatic carbocycles. The summed E-state index contributed by atoms with van der Waals surface area (Å²) in [5.41, 5.74) is -0.0998. The van der Waals surface area contributed by atoms with Crippen LogP contribution in [0.2, 0.25) is 0 Å². The summed E-state index contributed by atoms with van der Waals surface area (Å²) >= 11 is 4.47. The number of rotatable bonds is 14. The van der Waals surface area contributed by atoms with Crippen LogP contribution in [-0.2, 0) is 28.0 Å². The Morgan fingerprint density at radius 3 is 1.95 bits per heavy atom. The minimum atomic E-state index is -1.63.